The van der Waals surface area contributed by atoms with Crippen molar-refractivity contribution in [1.82, 2.24) is 10.2 Å². The Balaban J connectivity index is 2.01. The number of rotatable bonds is 2. The van der Waals surface area contributed by atoms with Crippen molar-refractivity contribution in [2.45, 2.75) is 13.0 Å². The van der Waals surface area contributed by atoms with Gasteiger partial charge in [0.25, 0.3) is 0 Å². The van der Waals surface area contributed by atoms with Crippen LogP contribution in [-0.2, 0) is 6.54 Å². The van der Waals surface area contributed by atoms with Crippen molar-refractivity contribution < 1.29 is 0 Å². The number of nitrogens with zero attached hydrogens (tertiary/aromatic N) is 1. The number of nitrogens with one attached hydrogen (secondary N) is 1. The van der Waals surface area contributed by atoms with Gasteiger partial charge in [-0.05, 0) is 17.8 Å². The standard InChI is InChI=1S/C11H12N2S2/c14-10-6-7-13(11(15)12-10)8-9-4-2-1-3-5-9/h1-5H,6-8H2,(H,12,14,15). The fraction of sp³-hybridized carbons (Fsp3) is 0.273. The third kappa shape index (κ3) is 2.73. The highest BCUT2D eigenvalue weighted by Gasteiger charge is 2.16. The molecule has 1 fully saturated rings. The lowest BCUT2D eigenvalue weighted by Crippen LogP contribution is -2.48. The highest BCUT2D eigenvalue weighted by atomic mass is 32.1. The van der Waals surface area contributed by atoms with Crippen LogP contribution in [0.2, 0.25) is 0 Å². The predicted molar refractivity (Wildman–Crippen MR) is 69.8 cm³/mol. The maximum absolute atomic E-state index is 5.23. The average molecular weight is 236 g/mol. The lowest BCUT2D eigenvalue weighted by Gasteiger charge is -2.30. The Morgan fingerprint density at radius 2 is 1.93 bits per heavy atom. The SMILES string of the molecule is S=C1CCN(Cc2ccccc2)C(=S)N1. The third-order valence-electron chi connectivity index (χ3n) is 2.36. The molecule has 0 amide bonds. The van der Waals surface area contributed by atoms with Gasteiger partial charge in [-0.1, -0.05) is 42.5 Å². The second kappa shape index (κ2) is 4.68. The molecule has 0 radical (unpaired) electrons. The molecule has 1 aromatic carbocycles. The van der Waals surface area contributed by atoms with Crippen LogP contribution in [0.3, 0.4) is 0 Å². The van der Waals surface area contributed by atoms with Crippen molar-refractivity contribution in [3.8, 4) is 0 Å². The van der Waals surface area contributed by atoms with Gasteiger partial charge in [-0.15, -0.1) is 0 Å². The summed E-state index contributed by atoms with van der Waals surface area (Å²) in [7, 11) is 0. The van der Waals surface area contributed by atoms with E-state index in [1.807, 2.05) is 18.2 Å². The molecule has 0 aliphatic carbocycles. The van der Waals surface area contributed by atoms with E-state index in [0.29, 0.717) is 0 Å². The third-order valence-corrected chi connectivity index (χ3v) is 3.03. The summed E-state index contributed by atoms with van der Waals surface area (Å²) in [4.78, 5) is 2.99. The van der Waals surface area contributed by atoms with Gasteiger partial charge in [0.1, 0.15) is 0 Å². The van der Waals surface area contributed by atoms with Gasteiger partial charge in [-0.25, -0.2) is 0 Å². The summed E-state index contributed by atoms with van der Waals surface area (Å²) in [6, 6.07) is 10.3. The van der Waals surface area contributed by atoms with Crippen LogP contribution in [0.5, 0.6) is 0 Å². The Bertz CT molecular complexity index is 375. The lowest BCUT2D eigenvalue weighted by atomic mass is 10.2. The largest absolute Gasteiger partial charge is 0.344 e. The molecule has 78 valence electrons. The first kappa shape index (κ1) is 10.5. The Hall–Kier alpha value is -1.00. The minimum Gasteiger partial charge on any atom is -0.344 e. The van der Waals surface area contributed by atoms with Crippen LogP contribution in [0, 0.1) is 0 Å². The van der Waals surface area contributed by atoms with E-state index in [1.165, 1.54) is 5.56 Å². The minimum atomic E-state index is 0.745. The summed E-state index contributed by atoms with van der Waals surface area (Å²) in [6.07, 6.45) is 0.891. The van der Waals surface area contributed by atoms with E-state index in [2.05, 4.69) is 22.3 Å². The van der Waals surface area contributed by atoms with Crippen LogP contribution in [0.25, 0.3) is 0 Å². The Labute approximate surface area is 100 Å². The van der Waals surface area contributed by atoms with Crippen molar-refractivity contribution in [3.63, 3.8) is 0 Å². The quantitative estimate of drug-likeness (QED) is 0.791. The molecular weight excluding hydrogens is 224 g/mol. The van der Waals surface area contributed by atoms with Crippen LogP contribution in [0.15, 0.2) is 30.3 Å². The molecular formula is C11H12N2S2. The van der Waals surface area contributed by atoms with E-state index in [9.17, 15) is 0 Å². The Kier molecular flexibility index (Phi) is 3.28. The zero-order valence-corrected chi connectivity index (χ0v) is 9.90. The van der Waals surface area contributed by atoms with E-state index < -0.39 is 0 Å². The first-order chi connectivity index (χ1) is 7.25. The molecule has 0 saturated carbocycles. The molecule has 2 nitrogen and oxygen atoms in total. The topological polar surface area (TPSA) is 15.3 Å². The van der Waals surface area contributed by atoms with Crippen LogP contribution in [0.1, 0.15) is 12.0 Å². The van der Waals surface area contributed by atoms with Crippen molar-refractivity contribution in [2.75, 3.05) is 6.54 Å². The van der Waals surface area contributed by atoms with Gasteiger partial charge >= 0.3 is 0 Å². The van der Waals surface area contributed by atoms with Crippen LogP contribution in [0.4, 0.5) is 0 Å². The molecule has 15 heavy (non-hydrogen) atoms. The summed E-state index contributed by atoms with van der Waals surface area (Å²) < 4.78 is 0. The molecule has 0 atom stereocenters. The molecule has 2 rings (SSSR count). The molecule has 0 aromatic heterocycles. The smallest absolute Gasteiger partial charge is 0.174 e. The predicted octanol–water partition coefficient (Wildman–Crippen LogP) is 2.09. The Morgan fingerprint density at radius 1 is 1.20 bits per heavy atom. The molecule has 1 N–H and O–H groups in total. The zero-order valence-electron chi connectivity index (χ0n) is 8.27. The van der Waals surface area contributed by atoms with Gasteiger partial charge in [0.15, 0.2) is 5.11 Å². The van der Waals surface area contributed by atoms with Crippen LogP contribution in [-0.4, -0.2) is 21.5 Å². The summed E-state index contributed by atoms with van der Waals surface area (Å²) in [5, 5.41) is 3.78. The highest BCUT2D eigenvalue weighted by molar-refractivity contribution is 7.81. The van der Waals surface area contributed by atoms with E-state index in [4.69, 9.17) is 24.4 Å². The normalized spacial score (nSPS) is 16.4. The van der Waals surface area contributed by atoms with E-state index in [1.54, 1.807) is 0 Å². The molecule has 0 unspecified atom stereocenters. The van der Waals surface area contributed by atoms with Crippen LogP contribution >= 0.6 is 24.4 Å². The molecule has 1 aromatic rings. The van der Waals surface area contributed by atoms with Gasteiger partial charge in [0, 0.05) is 19.5 Å². The average Bonchev–Trinajstić information content (AvgIpc) is 2.24. The van der Waals surface area contributed by atoms with E-state index in [-0.39, 0.29) is 0 Å². The van der Waals surface area contributed by atoms with Gasteiger partial charge in [-0.3, -0.25) is 0 Å². The van der Waals surface area contributed by atoms with Gasteiger partial charge in [0.05, 0.1) is 4.99 Å². The van der Waals surface area contributed by atoms with Crippen molar-refractivity contribution in [1.29, 1.82) is 0 Å². The summed E-state index contributed by atoms with van der Waals surface area (Å²) >= 11 is 10.3. The number of thiocarbonyl (C=S) groups is 2. The number of benzene rings is 1. The summed E-state index contributed by atoms with van der Waals surface area (Å²) in [5.41, 5.74) is 1.27. The summed E-state index contributed by atoms with van der Waals surface area (Å²) in [6.45, 7) is 1.77. The fourth-order valence-corrected chi connectivity index (χ4v) is 2.09. The molecule has 0 spiro atoms. The zero-order chi connectivity index (χ0) is 10.7. The van der Waals surface area contributed by atoms with Crippen LogP contribution < -0.4 is 5.32 Å². The molecule has 1 heterocycles. The molecule has 1 aliphatic rings. The second-order valence-corrected chi connectivity index (χ2v) is 4.39. The van der Waals surface area contributed by atoms with Gasteiger partial charge in [-0.2, -0.15) is 0 Å². The molecule has 4 heteroatoms. The monoisotopic (exact) mass is 236 g/mol. The number of hydrogen-bond acceptors (Lipinski definition) is 2. The molecule has 1 saturated heterocycles. The fourth-order valence-electron chi connectivity index (χ4n) is 1.55. The first-order valence-electron chi connectivity index (χ1n) is 4.88. The maximum atomic E-state index is 5.23. The first-order valence-corrected chi connectivity index (χ1v) is 5.70. The second-order valence-electron chi connectivity index (χ2n) is 3.51. The highest BCUT2D eigenvalue weighted by Crippen LogP contribution is 2.08. The Morgan fingerprint density at radius 3 is 2.60 bits per heavy atom. The van der Waals surface area contributed by atoms with Crippen molar-refractivity contribution in [3.05, 3.63) is 35.9 Å². The molecule has 1 aliphatic heterocycles. The van der Waals surface area contributed by atoms with Crippen molar-refractivity contribution in [2.24, 2.45) is 0 Å². The van der Waals surface area contributed by atoms with Gasteiger partial charge in [0.2, 0.25) is 0 Å². The minimum absolute atomic E-state index is 0.745. The van der Waals surface area contributed by atoms with E-state index >= 15 is 0 Å². The van der Waals surface area contributed by atoms with E-state index in [0.717, 1.165) is 29.6 Å². The van der Waals surface area contributed by atoms with Gasteiger partial charge < -0.3 is 10.2 Å². The summed E-state index contributed by atoms with van der Waals surface area (Å²) in [5.74, 6) is 0. The van der Waals surface area contributed by atoms with Crippen molar-refractivity contribution >= 4 is 34.5 Å². The number of hydrogen-bond donors (Lipinski definition) is 1. The maximum Gasteiger partial charge on any atom is 0.174 e. The molecule has 0 bridgehead atoms. The lowest BCUT2D eigenvalue weighted by molar-refractivity contribution is 0.412.